The fourth-order valence-corrected chi connectivity index (χ4v) is 3.15. The second-order valence-electron chi connectivity index (χ2n) is 6.76. The van der Waals surface area contributed by atoms with Crippen LogP contribution in [0, 0.1) is 0 Å². The first-order valence-electron chi connectivity index (χ1n) is 8.14. The van der Waals surface area contributed by atoms with Crippen LogP contribution in [0.3, 0.4) is 0 Å². The highest BCUT2D eigenvalue weighted by molar-refractivity contribution is 7.16. The van der Waals surface area contributed by atoms with E-state index in [4.69, 9.17) is 20.4 Å². The summed E-state index contributed by atoms with van der Waals surface area (Å²) >= 11 is 1.11. The highest BCUT2D eigenvalue weighted by Crippen LogP contribution is 2.17. The maximum atomic E-state index is 12.3. The van der Waals surface area contributed by atoms with Crippen molar-refractivity contribution in [3.05, 3.63) is 21.9 Å². The van der Waals surface area contributed by atoms with E-state index in [1.54, 1.807) is 37.8 Å². The van der Waals surface area contributed by atoms with Gasteiger partial charge < -0.3 is 25.7 Å². The standard InChI is InChI=1S/C16H24N4O5S/c1-16(2,3)25-15(22)20-6-7-24-9-10(20)8-18-14(21)12-5-4-11(26-12)13(17)19-23/h4-5,10,23H,6-9H2,1-3H3,(H2,17,19)(H,18,21)/t10-/m0/s1. The molecule has 2 amide bonds. The van der Waals surface area contributed by atoms with Crippen molar-refractivity contribution in [2.24, 2.45) is 10.9 Å². The van der Waals surface area contributed by atoms with Gasteiger partial charge in [-0.1, -0.05) is 5.16 Å². The maximum Gasteiger partial charge on any atom is 0.410 e. The zero-order valence-electron chi connectivity index (χ0n) is 15.0. The van der Waals surface area contributed by atoms with Crippen molar-refractivity contribution in [3.8, 4) is 0 Å². The van der Waals surface area contributed by atoms with Gasteiger partial charge in [-0.05, 0) is 32.9 Å². The molecule has 0 bridgehead atoms. The number of morpholine rings is 1. The number of hydrogen-bond donors (Lipinski definition) is 3. The first-order chi connectivity index (χ1) is 12.2. The molecule has 1 aromatic rings. The Morgan fingerprint density at radius 1 is 1.46 bits per heavy atom. The van der Waals surface area contributed by atoms with Crippen LogP contribution in [0.1, 0.15) is 35.3 Å². The van der Waals surface area contributed by atoms with E-state index in [0.717, 1.165) is 11.3 Å². The van der Waals surface area contributed by atoms with Crippen LogP contribution < -0.4 is 11.1 Å². The summed E-state index contributed by atoms with van der Waals surface area (Å²) in [5.74, 6) is -0.354. The molecule has 9 nitrogen and oxygen atoms in total. The summed E-state index contributed by atoms with van der Waals surface area (Å²) < 4.78 is 10.8. The molecule has 144 valence electrons. The molecule has 2 heterocycles. The highest BCUT2D eigenvalue weighted by Gasteiger charge is 2.31. The minimum atomic E-state index is -0.593. The van der Waals surface area contributed by atoms with E-state index in [0.29, 0.717) is 29.5 Å². The monoisotopic (exact) mass is 384 g/mol. The van der Waals surface area contributed by atoms with Crippen molar-refractivity contribution in [1.29, 1.82) is 0 Å². The molecule has 0 radical (unpaired) electrons. The molecule has 1 aliphatic heterocycles. The Hall–Kier alpha value is -2.33. The SMILES string of the molecule is CC(C)(C)OC(=O)N1CCOC[C@@H]1CNC(=O)c1ccc(C(N)=NO)s1. The fourth-order valence-electron chi connectivity index (χ4n) is 2.33. The van der Waals surface area contributed by atoms with Crippen molar-refractivity contribution >= 4 is 29.2 Å². The Bertz CT molecular complexity index is 682. The summed E-state index contributed by atoms with van der Waals surface area (Å²) in [5.41, 5.74) is 4.91. The van der Waals surface area contributed by atoms with Gasteiger partial charge in [0.2, 0.25) is 0 Å². The van der Waals surface area contributed by atoms with Gasteiger partial charge in [0.1, 0.15) is 5.60 Å². The molecular weight excluding hydrogens is 360 g/mol. The molecule has 1 fully saturated rings. The number of nitrogens with two attached hydrogens (primary N) is 1. The van der Waals surface area contributed by atoms with Crippen LogP contribution >= 0.6 is 11.3 Å². The second kappa shape index (κ2) is 8.37. The maximum absolute atomic E-state index is 12.3. The van der Waals surface area contributed by atoms with Crippen LogP contribution in [0.25, 0.3) is 0 Å². The van der Waals surface area contributed by atoms with Crippen molar-refractivity contribution < 1.29 is 24.3 Å². The largest absolute Gasteiger partial charge is 0.444 e. The molecule has 0 saturated carbocycles. The van der Waals surface area contributed by atoms with Gasteiger partial charge in [-0.15, -0.1) is 11.3 Å². The molecule has 2 rings (SSSR count). The van der Waals surface area contributed by atoms with Gasteiger partial charge in [-0.2, -0.15) is 0 Å². The molecule has 1 aromatic heterocycles. The molecule has 0 aromatic carbocycles. The lowest BCUT2D eigenvalue weighted by atomic mass is 10.2. The minimum absolute atomic E-state index is 0.0502. The number of amidine groups is 1. The summed E-state index contributed by atoms with van der Waals surface area (Å²) in [6.45, 7) is 6.79. The zero-order chi connectivity index (χ0) is 19.3. The van der Waals surface area contributed by atoms with Crippen molar-refractivity contribution in [2.45, 2.75) is 32.4 Å². The van der Waals surface area contributed by atoms with Gasteiger partial charge in [0, 0.05) is 13.1 Å². The Kier molecular flexibility index (Phi) is 6.43. The van der Waals surface area contributed by atoms with E-state index in [-0.39, 0.29) is 24.3 Å². The number of carbonyl (C=O) groups excluding carboxylic acids is 2. The third-order valence-corrected chi connectivity index (χ3v) is 4.65. The third-order valence-electron chi connectivity index (χ3n) is 3.54. The van der Waals surface area contributed by atoms with E-state index >= 15 is 0 Å². The first-order valence-corrected chi connectivity index (χ1v) is 8.96. The van der Waals surface area contributed by atoms with E-state index < -0.39 is 11.7 Å². The number of nitrogens with one attached hydrogen (secondary N) is 1. The molecule has 10 heteroatoms. The number of ether oxygens (including phenoxy) is 2. The molecule has 1 saturated heterocycles. The Morgan fingerprint density at radius 3 is 2.81 bits per heavy atom. The van der Waals surface area contributed by atoms with Crippen LogP contribution in [0.4, 0.5) is 4.79 Å². The predicted molar refractivity (Wildman–Crippen MR) is 96.7 cm³/mol. The normalized spacial score (nSPS) is 18.5. The summed E-state index contributed by atoms with van der Waals surface area (Å²) in [7, 11) is 0. The van der Waals surface area contributed by atoms with Gasteiger partial charge >= 0.3 is 6.09 Å². The fraction of sp³-hybridized carbons (Fsp3) is 0.562. The quantitative estimate of drug-likeness (QED) is 0.310. The van der Waals surface area contributed by atoms with Crippen LogP contribution in [0.2, 0.25) is 0 Å². The molecule has 0 unspecified atom stereocenters. The van der Waals surface area contributed by atoms with Crippen molar-refractivity contribution in [3.63, 3.8) is 0 Å². The number of amides is 2. The lowest BCUT2D eigenvalue weighted by Gasteiger charge is -2.36. The zero-order valence-corrected chi connectivity index (χ0v) is 15.8. The van der Waals surface area contributed by atoms with E-state index in [2.05, 4.69) is 10.5 Å². The van der Waals surface area contributed by atoms with Gasteiger partial charge in [0.15, 0.2) is 5.84 Å². The number of carbonyl (C=O) groups is 2. The minimum Gasteiger partial charge on any atom is -0.444 e. The van der Waals surface area contributed by atoms with E-state index in [1.165, 1.54) is 0 Å². The van der Waals surface area contributed by atoms with Gasteiger partial charge in [-0.25, -0.2) is 4.79 Å². The van der Waals surface area contributed by atoms with Crippen LogP contribution in [-0.2, 0) is 9.47 Å². The predicted octanol–water partition coefficient (Wildman–Crippen LogP) is 1.21. The molecule has 0 spiro atoms. The first kappa shape index (κ1) is 20.0. The van der Waals surface area contributed by atoms with Crippen molar-refractivity contribution in [2.75, 3.05) is 26.3 Å². The lowest BCUT2D eigenvalue weighted by molar-refractivity contribution is -0.0314. The summed E-state index contributed by atoms with van der Waals surface area (Å²) in [6.07, 6.45) is -0.426. The number of thiophene rings is 1. The van der Waals surface area contributed by atoms with Gasteiger partial charge in [0.25, 0.3) is 5.91 Å². The summed E-state index contributed by atoms with van der Waals surface area (Å²) in [5, 5.41) is 14.4. The Balaban J connectivity index is 1.96. The lowest BCUT2D eigenvalue weighted by Crippen LogP contribution is -2.54. The number of rotatable bonds is 4. The number of hydrogen-bond acceptors (Lipinski definition) is 7. The average Bonchev–Trinajstić information content (AvgIpc) is 3.08. The second-order valence-corrected chi connectivity index (χ2v) is 7.85. The van der Waals surface area contributed by atoms with Gasteiger partial charge in [0.05, 0.1) is 29.0 Å². The Labute approximate surface area is 155 Å². The molecule has 26 heavy (non-hydrogen) atoms. The average molecular weight is 384 g/mol. The highest BCUT2D eigenvalue weighted by atomic mass is 32.1. The number of nitrogens with zero attached hydrogens (tertiary/aromatic N) is 2. The molecule has 4 N–H and O–H groups in total. The summed E-state index contributed by atoms with van der Waals surface area (Å²) in [6, 6.07) is 2.88. The van der Waals surface area contributed by atoms with Crippen LogP contribution in [0.15, 0.2) is 17.3 Å². The van der Waals surface area contributed by atoms with E-state index in [9.17, 15) is 9.59 Å². The Morgan fingerprint density at radius 2 is 2.15 bits per heavy atom. The van der Waals surface area contributed by atoms with Crippen molar-refractivity contribution in [1.82, 2.24) is 10.2 Å². The molecule has 1 aliphatic rings. The van der Waals surface area contributed by atoms with Crippen LogP contribution in [0.5, 0.6) is 0 Å². The van der Waals surface area contributed by atoms with E-state index in [1.807, 2.05) is 0 Å². The van der Waals surface area contributed by atoms with Gasteiger partial charge in [-0.3, -0.25) is 9.69 Å². The molecular formula is C16H24N4O5S. The summed E-state index contributed by atoms with van der Waals surface area (Å²) in [4.78, 5) is 27.1. The topological polar surface area (TPSA) is 126 Å². The molecule has 0 aliphatic carbocycles. The number of oxime groups is 1. The third kappa shape index (κ3) is 5.33. The smallest absolute Gasteiger partial charge is 0.410 e. The molecule has 1 atom stereocenters. The van der Waals surface area contributed by atoms with Crippen LogP contribution in [-0.4, -0.2) is 65.9 Å².